The van der Waals surface area contributed by atoms with E-state index in [2.05, 4.69) is 22.7 Å². The second-order valence-electron chi connectivity index (χ2n) is 7.08. The lowest BCUT2D eigenvalue weighted by Crippen LogP contribution is -2.55. The first-order chi connectivity index (χ1) is 13.0. The highest BCUT2D eigenvalue weighted by molar-refractivity contribution is 5.54. The lowest BCUT2D eigenvalue weighted by molar-refractivity contribution is 0.0283. The van der Waals surface area contributed by atoms with Crippen LogP contribution in [0.25, 0.3) is 0 Å². The SMILES string of the molecule is Cc1ccccc1OCN1C[C@@H](C)N(Cc2ccc(F)cc2)C(=C=O)[C@@H]1C. The largest absolute Gasteiger partial charge is 0.478 e. The van der Waals surface area contributed by atoms with Crippen molar-refractivity contribution in [2.75, 3.05) is 13.3 Å². The van der Waals surface area contributed by atoms with E-state index in [1.807, 2.05) is 38.1 Å². The number of piperazine rings is 1. The van der Waals surface area contributed by atoms with Gasteiger partial charge in [-0.1, -0.05) is 30.3 Å². The van der Waals surface area contributed by atoms with Crippen LogP contribution in [0.4, 0.5) is 4.39 Å². The van der Waals surface area contributed by atoms with Crippen molar-refractivity contribution < 1.29 is 13.9 Å². The predicted octanol–water partition coefficient (Wildman–Crippen LogP) is 3.78. The van der Waals surface area contributed by atoms with Crippen LogP contribution in [-0.4, -0.2) is 41.1 Å². The standard InChI is InChI=1S/C22H25FN2O2/c1-16-6-4-5-7-22(16)27-15-24-12-17(2)25(21(14-26)18(24)3)13-19-8-10-20(23)11-9-19/h4-11,17-18H,12-13,15H2,1-3H3/t17-,18+/m1/s1. The van der Waals surface area contributed by atoms with Gasteiger partial charge in [0.25, 0.3) is 0 Å². The molecule has 1 saturated heterocycles. The molecule has 1 heterocycles. The second-order valence-corrected chi connectivity index (χ2v) is 7.08. The van der Waals surface area contributed by atoms with E-state index in [1.165, 1.54) is 12.1 Å². The number of halogens is 1. The Bertz CT molecular complexity index is 830. The van der Waals surface area contributed by atoms with Gasteiger partial charge in [-0.25, -0.2) is 9.18 Å². The maximum absolute atomic E-state index is 13.1. The zero-order valence-electron chi connectivity index (χ0n) is 16.0. The average molecular weight is 368 g/mol. The summed E-state index contributed by atoms with van der Waals surface area (Å²) in [6.45, 7) is 7.81. The number of rotatable bonds is 5. The van der Waals surface area contributed by atoms with Crippen LogP contribution in [0.5, 0.6) is 5.75 Å². The first kappa shape index (κ1) is 19.2. The van der Waals surface area contributed by atoms with Crippen molar-refractivity contribution in [2.24, 2.45) is 0 Å². The zero-order valence-corrected chi connectivity index (χ0v) is 16.0. The van der Waals surface area contributed by atoms with Gasteiger partial charge in [0.15, 0.2) is 0 Å². The highest BCUT2D eigenvalue weighted by Gasteiger charge is 2.34. The summed E-state index contributed by atoms with van der Waals surface area (Å²) in [5, 5.41) is 0. The number of nitrogens with zero attached hydrogens (tertiary/aromatic N) is 2. The number of carbonyl (C=O) groups excluding carboxylic acids is 1. The Hall–Kier alpha value is -2.62. The van der Waals surface area contributed by atoms with Gasteiger partial charge >= 0.3 is 0 Å². The lowest BCUT2D eigenvalue weighted by atomic mass is 10.0. The maximum Gasteiger partial charge on any atom is 0.147 e. The van der Waals surface area contributed by atoms with Crippen molar-refractivity contribution in [3.05, 3.63) is 71.2 Å². The van der Waals surface area contributed by atoms with Crippen molar-refractivity contribution in [1.29, 1.82) is 0 Å². The molecular formula is C22H25FN2O2. The van der Waals surface area contributed by atoms with Gasteiger partial charge in [-0.05, 0) is 50.1 Å². The van der Waals surface area contributed by atoms with E-state index >= 15 is 0 Å². The highest BCUT2D eigenvalue weighted by atomic mass is 19.1. The molecule has 2 aromatic rings. The Morgan fingerprint density at radius 3 is 2.52 bits per heavy atom. The van der Waals surface area contributed by atoms with E-state index in [4.69, 9.17) is 4.74 Å². The molecular weight excluding hydrogens is 343 g/mol. The monoisotopic (exact) mass is 368 g/mol. The van der Waals surface area contributed by atoms with Crippen LogP contribution in [0.1, 0.15) is 25.0 Å². The van der Waals surface area contributed by atoms with Crippen molar-refractivity contribution >= 4 is 5.94 Å². The Balaban J connectivity index is 1.70. The summed E-state index contributed by atoms with van der Waals surface area (Å²) < 4.78 is 19.1. The zero-order chi connectivity index (χ0) is 19.4. The molecule has 0 N–H and O–H groups in total. The number of benzene rings is 2. The van der Waals surface area contributed by atoms with Crippen LogP contribution < -0.4 is 4.74 Å². The molecule has 142 valence electrons. The Morgan fingerprint density at radius 1 is 1.15 bits per heavy atom. The summed E-state index contributed by atoms with van der Waals surface area (Å²) in [6.07, 6.45) is 0. The molecule has 3 rings (SSSR count). The maximum atomic E-state index is 13.1. The molecule has 5 heteroatoms. The molecule has 27 heavy (non-hydrogen) atoms. The Morgan fingerprint density at radius 2 is 1.85 bits per heavy atom. The normalized spacial score (nSPS) is 20.4. The van der Waals surface area contributed by atoms with Crippen LogP contribution >= 0.6 is 0 Å². The van der Waals surface area contributed by atoms with Gasteiger partial charge < -0.3 is 9.64 Å². The van der Waals surface area contributed by atoms with Crippen LogP contribution in [0.3, 0.4) is 0 Å². The minimum absolute atomic E-state index is 0.108. The summed E-state index contributed by atoms with van der Waals surface area (Å²) in [5.74, 6) is 2.72. The van der Waals surface area contributed by atoms with Gasteiger partial charge in [0.05, 0.1) is 6.04 Å². The van der Waals surface area contributed by atoms with E-state index in [1.54, 1.807) is 12.1 Å². The number of hydrogen-bond acceptors (Lipinski definition) is 4. The number of aryl methyl sites for hydroxylation is 1. The summed E-state index contributed by atoms with van der Waals surface area (Å²) in [7, 11) is 0. The molecule has 0 amide bonds. The fraction of sp³-hybridized carbons (Fsp3) is 0.364. The van der Waals surface area contributed by atoms with Crippen molar-refractivity contribution in [3.63, 3.8) is 0 Å². The highest BCUT2D eigenvalue weighted by Crippen LogP contribution is 2.26. The molecule has 0 aliphatic carbocycles. The molecule has 0 bridgehead atoms. The molecule has 0 radical (unpaired) electrons. The minimum Gasteiger partial charge on any atom is -0.478 e. The number of ether oxygens (including phenoxy) is 1. The molecule has 2 aromatic carbocycles. The summed E-state index contributed by atoms with van der Waals surface area (Å²) in [4.78, 5) is 15.9. The topological polar surface area (TPSA) is 32.8 Å². The molecule has 1 fully saturated rings. The minimum atomic E-state index is -0.260. The van der Waals surface area contributed by atoms with E-state index in [-0.39, 0.29) is 17.9 Å². The lowest BCUT2D eigenvalue weighted by Gasteiger charge is -2.45. The third-order valence-electron chi connectivity index (χ3n) is 5.13. The number of hydrogen-bond donors (Lipinski definition) is 0. The average Bonchev–Trinajstić information content (AvgIpc) is 2.66. The van der Waals surface area contributed by atoms with E-state index in [0.717, 1.165) is 23.4 Å². The van der Waals surface area contributed by atoms with Gasteiger partial charge in [-0.2, -0.15) is 0 Å². The fourth-order valence-electron chi connectivity index (χ4n) is 3.45. The molecule has 0 spiro atoms. The van der Waals surface area contributed by atoms with Crippen LogP contribution in [-0.2, 0) is 11.3 Å². The van der Waals surface area contributed by atoms with Crippen molar-refractivity contribution in [1.82, 2.24) is 9.80 Å². The van der Waals surface area contributed by atoms with E-state index in [0.29, 0.717) is 19.0 Å². The molecule has 0 aromatic heterocycles. The van der Waals surface area contributed by atoms with Gasteiger partial charge in [-0.3, -0.25) is 4.90 Å². The molecule has 2 atom stereocenters. The van der Waals surface area contributed by atoms with Crippen LogP contribution in [0.2, 0.25) is 0 Å². The summed E-state index contributed by atoms with van der Waals surface area (Å²) in [6, 6.07) is 14.3. The van der Waals surface area contributed by atoms with Crippen LogP contribution in [0.15, 0.2) is 54.2 Å². The van der Waals surface area contributed by atoms with E-state index in [9.17, 15) is 9.18 Å². The molecule has 4 nitrogen and oxygen atoms in total. The molecule has 1 aliphatic heterocycles. The van der Waals surface area contributed by atoms with Gasteiger partial charge in [0.2, 0.25) is 0 Å². The third-order valence-corrected chi connectivity index (χ3v) is 5.13. The fourth-order valence-corrected chi connectivity index (χ4v) is 3.45. The van der Waals surface area contributed by atoms with Gasteiger partial charge in [-0.15, -0.1) is 0 Å². The molecule has 0 unspecified atom stereocenters. The predicted molar refractivity (Wildman–Crippen MR) is 103 cm³/mol. The third kappa shape index (κ3) is 4.38. The van der Waals surface area contributed by atoms with Crippen LogP contribution in [0, 0.1) is 12.7 Å². The van der Waals surface area contributed by atoms with Gasteiger partial charge in [0.1, 0.15) is 29.9 Å². The molecule has 1 aliphatic rings. The van der Waals surface area contributed by atoms with Gasteiger partial charge in [0, 0.05) is 19.1 Å². The second kappa shape index (κ2) is 8.38. The number of para-hydroxylation sites is 1. The summed E-state index contributed by atoms with van der Waals surface area (Å²) in [5.41, 5.74) is 2.65. The quantitative estimate of drug-likeness (QED) is 0.752. The Labute approximate surface area is 159 Å². The van der Waals surface area contributed by atoms with E-state index < -0.39 is 0 Å². The first-order valence-corrected chi connectivity index (χ1v) is 9.18. The Kier molecular flexibility index (Phi) is 5.94. The smallest absolute Gasteiger partial charge is 0.147 e. The first-order valence-electron chi connectivity index (χ1n) is 9.18. The molecule has 0 saturated carbocycles. The van der Waals surface area contributed by atoms with Crippen molar-refractivity contribution in [3.8, 4) is 5.75 Å². The summed E-state index contributed by atoms with van der Waals surface area (Å²) >= 11 is 0. The van der Waals surface area contributed by atoms with Crippen molar-refractivity contribution in [2.45, 2.75) is 39.4 Å².